The van der Waals surface area contributed by atoms with E-state index in [9.17, 15) is 22.8 Å². The van der Waals surface area contributed by atoms with Crippen LogP contribution in [-0.4, -0.2) is 16.8 Å². The number of aromatic nitrogens is 1. The number of thiazole rings is 1. The number of nitrogens with zero attached hydrogens (tertiary/aromatic N) is 2. The van der Waals surface area contributed by atoms with E-state index in [0.29, 0.717) is 16.4 Å². The Labute approximate surface area is 184 Å². The summed E-state index contributed by atoms with van der Waals surface area (Å²) in [5.74, 6) is -0.940. The zero-order chi connectivity index (χ0) is 22.6. The molecule has 160 valence electrons. The highest BCUT2D eigenvalue weighted by Gasteiger charge is 2.31. The van der Waals surface area contributed by atoms with Gasteiger partial charge in [-0.05, 0) is 36.4 Å². The zero-order valence-electron chi connectivity index (χ0n) is 16.0. The molecule has 2 amide bonds. The van der Waals surface area contributed by atoms with Crippen molar-refractivity contribution in [3.05, 3.63) is 76.3 Å². The van der Waals surface area contributed by atoms with Crippen LogP contribution in [0.5, 0.6) is 0 Å². The molecule has 10 heteroatoms. The van der Waals surface area contributed by atoms with Crippen molar-refractivity contribution in [2.75, 3.05) is 10.2 Å². The number of nitrogens with one attached hydrogen (secondary N) is 1. The maximum absolute atomic E-state index is 13.0. The van der Waals surface area contributed by atoms with Gasteiger partial charge in [0.1, 0.15) is 0 Å². The van der Waals surface area contributed by atoms with E-state index in [2.05, 4.69) is 10.3 Å². The molecule has 3 rings (SSSR count). The van der Waals surface area contributed by atoms with Gasteiger partial charge in [0.05, 0.1) is 27.7 Å². The van der Waals surface area contributed by atoms with Crippen molar-refractivity contribution in [3.63, 3.8) is 0 Å². The Kier molecular flexibility index (Phi) is 6.77. The molecule has 0 bridgehead atoms. The molecule has 0 aliphatic carbocycles. The Morgan fingerprint density at radius 3 is 2.58 bits per heavy atom. The smallest absolute Gasteiger partial charge is 0.321 e. The average molecular weight is 466 g/mol. The van der Waals surface area contributed by atoms with Gasteiger partial charge in [-0.3, -0.25) is 14.5 Å². The summed E-state index contributed by atoms with van der Waals surface area (Å²) in [6, 6.07) is 11.2. The number of amides is 2. The summed E-state index contributed by atoms with van der Waals surface area (Å²) in [4.78, 5) is 29.6. The maximum atomic E-state index is 13.0. The van der Waals surface area contributed by atoms with Gasteiger partial charge in [-0.2, -0.15) is 13.2 Å². The van der Waals surface area contributed by atoms with Crippen LogP contribution in [0.4, 0.5) is 29.7 Å². The molecule has 0 atom stereocenters. The van der Waals surface area contributed by atoms with Gasteiger partial charge < -0.3 is 5.32 Å². The van der Waals surface area contributed by atoms with Gasteiger partial charge in [0.15, 0.2) is 5.13 Å². The molecule has 0 saturated heterocycles. The van der Waals surface area contributed by atoms with Crippen LogP contribution in [0.2, 0.25) is 5.02 Å². The fourth-order valence-corrected chi connectivity index (χ4v) is 3.64. The van der Waals surface area contributed by atoms with Crippen LogP contribution in [0.25, 0.3) is 6.08 Å². The molecule has 0 saturated carbocycles. The predicted octanol–water partition coefficient (Wildman–Crippen LogP) is 6.15. The lowest BCUT2D eigenvalue weighted by Gasteiger charge is -2.19. The van der Waals surface area contributed by atoms with E-state index in [-0.39, 0.29) is 10.8 Å². The van der Waals surface area contributed by atoms with E-state index < -0.39 is 23.6 Å². The van der Waals surface area contributed by atoms with E-state index in [1.54, 1.807) is 29.6 Å². The van der Waals surface area contributed by atoms with Gasteiger partial charge in [0.2, 0.25) is 11.8 Å². The number of alkyl halides is 3. The molecule has 2 aromatic carbocycles. The highest BCUT2D eigenvalue weighted by atomic mass is 35.5. The first-order valence-electron chi connectivity index (χ1n) is 8.82. The van der Waals surface area contributed by atoms with Crippen LogP contribution < -0.4 is 10.2 Å². The Morgan fingerprint density at radius 2 is 1.90 bits per heavy atom. The third-order valence-corrected chi connectivity index (χ3v) is 5.16. The second-order valence-electron chi connectivity index (χ2n) is 6.26. The molecule has 0 unspecified atom stereocenters. The second kappa shape index (κ2) is 9.32. The monoisotopic (exact) mass is 465 g/mol. The number of benzene rings is 2. The molecule has 1 N–H and O–H groups in total. The molecule has 0 aliphatic heterocycles. The van der Waals surface area contributed by atoms with Crippen LogP contribution in [0.3, 0.4) is 0 Å². The van der Waals surface area contributed by atoms with Gasteiger partial charge >= 0.3 is 6.18 Å². The van der Waals surface area contributed by atoms with E-state index in [0.717, 1.165) is 28.4 Å². The summed E-state index contributed by atoms with van der Waals surface area (Å²) in [6.45, 7) is 1.23. The van der Waals surface area contributed by atoms with E-state index in [1.807, 2.05) is 0 Å². The standard InChI is InChI=1S/C21H15ClF3N3O2S/c1-13(29)28(16-6-4-5-14(11-16)21(23,24)25)20-26-15(12-31-20)9-10-19(30)27-18-8-3-2-7-17(18)22/h2-12H,1H3,(H,27,30)/b10-9+. The van der Waals surface area contributed by atoms with Crippen LogP contribution in [0, 0.1) is 0 Å². The van der Waals surface area contributed by atoms with Crippen molar-refractivity contribution >= 4 is 57.3 Å². The quantitative estimate of drug-likeness (QED) is 0.459. The zero-order valence-corrected chi connectivity index (χ0v) is 17.6. The molecule has 0 aliphatic rings. The Balaban J connectivity index is 1.79. The lowest BCUT2D eigenvalue weighted by Crippen LogP contribution is -2.23. The minimum Gasteiger partial charge on any atom is -0.321 e. The molecule has 1 aromatic heterocycles. The van der Waals surface area contributed by atoms with Crippen molar-refractivity contribution in [2.24, 2.45) is 0 Å². The molecule has 31 heavy (non-hydrogen) atoms. The maximum Gasteiger partial charge on any atom is 0.416 e. The van der Waals surface area contributed by atoms with Crippen molar-refractivity contribution in [3.8, 4) is 0 Å². The van der Waals surface area contributed by atoms with Crippen LogP contribution in [0.15, 0.2) is 60.0 Å². The molecular formula is C21H15ClF3N3O2S. The fraction of sp³-hybridized carbons (Fsp3) is 0.0952. The largest absolute Gasteiger partial charge is 0.416 e. The van der Waals surface area contributed by atoms with Crippen molar-refractivity contribution < 1.29 is 22.8 Å². The van der Waals surface area contributed by atoms with Gasteiger partial charge in [-0.1, -0.05) is 29.8 Å². The first-order chi connectivity index (χ1) is 14.6. The Hall–Kier alpha value is -3.17. The molecule has 3 aromatic rings. The number of para-hydroxylation sites is 1. The summed E-state index contributed by atoms with van der Waals surface area (Å²) >= 11 is 7.05. The molecule has 1 heterocycles. The molecule has 0 fully saturated rings. The first-order valence-corrected chi connectivity index (χ1v) is 10.1. The van der Waals surface area contributed by atoms with Gasteiger partial charge in [-0.15, -0.1) is 11.3 Å². The number of halogens is 4. The van der Waals surface area contributed by atoms with Crippen molar-refractivity contribution in [2.45, 2.75) is 13.1 Å². The summed E-state index contributed by atoms with van der Waals surface area (Å²) in [5, 5.41) is 4.77. The number of hydrogen-bond acceptors (Lipinski definition) is 4. The van der Waals surface area contributed by atoms with Gasteiger partial charge in [0.25, 0.3) is 0 Å². The third-order valence-electron chi connectivity index (χ3n) is 3.98. The lowest BCUT2D eigenvalue weighted by atomic mass is 10.2. The Bertz CT molecular complexity index is 1140. The van der Waals surface area contributed by atoms with E-state index in [4.69, 9.17) is 11.6 Å². The highest BCUT2D eigenvalue weighted by molar-refractivity contribution is 7.14. The predicted molar refractivity (Wildman–Crippen MR) is 115 cm³/mol. The van der Waals surface area contributed by atoms with Gasteiger partial charge in [0, 0.05) is 18.4 Å². The van der Waals surface area contributed by atoms with Crippen LogP contribution >= 0.6 is 22.9 Å². The summed E-state index contributed by atoms with van der Waals surface area (Å²) < 4.78 is 39.1. The molecular weight excluding hydrogens is 451 g/mol. The van der Waals surface area contributed by atoms with Crippen molar-refractivity contribution in [1.29, 1.82) is 0 Å². The number of hydrogen-bond donors (Lipinski definition) is 1. The van der Waals surface area contributed by atoms with E-state index >= 15 is 0 Å². The normalized spacial score (nSPS) is 11.5. The number of carbonyl (C=O) groups excluding carboxylic acids is 2. The van der Waals surface area contributed by atoms with Crippen molar-refractivity contribution in [1.82, 2.24) is 4.98 Å². The summed E-state index contributed by atoms with van der Waals surface area (Å²) in [5.41, 5.74) is -0.00884. The minimum absolute atomic E-state index is 0.0451. The lowest BCUT2D eigenvalue weighted by molar-refractivity contribution is -0.137. The average Bonchev–Trinajstić information content (AvgIpc) is 3.16. The topological polar surface area (TPSA) is 62.3 Å². The molecule has 0 radical (unpaired) electrons. The highest BCUT2D eigenvalue weighted by Crippen LogP contribution is 2.35. The molecule has 5 nitrogen and oxygen atoms in total. The van der Waals surface area contributed by atoms with Gasteiger partial charge in [-0.25, -0.2) is 4.98 Å². The first kappa shape index (κ1) is 22.5. The number of anilines is 3. The number of carbonyl (C=O) groups is 2. The van der Waals surface area contributed by atoms with Crippen LogP contribution in [-0.2, 0) is 15.8 Å². The summed E-state index contributed by atoms with van der Waals surface area (Å²) in [7, 11) is 0. The minimum atomic E-state index is -4.54. The fourth-order valence-electron chi connectivity index (χ4n) is 2.60. The third kappa shape index (κ3) is 5.71. The summed E-state index contributed by atoms with van der Waals surface area (Å²) in [6.07, 6.45) is -1.87. The van der Waals surface area contributed by atoms with E-state index in [1.165, 1.54) is 31.2 Å². The number of rotatable bonds is 5. The van der Waals surface area contributed by atoms with Crippen LogP contribution in [0.1, 0.15) is 18.2 Å². The molecule has 0 spiro atoms. The second-order valence-corrected chi connectivity index (χ2v) is 7.50. The Morgan fingerprint density at radius 1 is 1.16 bits per heavy atom. The SMILES string of the molecule is CC(=O)N(c1cccc(C(F)(F)F)c1)c1nc(/C=C/C(=O)Nc2ccccc2Cl)cs1.